The molecule has 0 fully saturated rings. The van der Waals surface area contributed by atoms with Crippen LogP contribution in [0.5, 0.6) is 0 Å². The Morgan fingerprint density at radius 1 is 1.11 bits per heavy atom. The predicted molar refractivity (Wildman–Crippen MR) is 73.4 cm³/mol. The molecule has 0 saturated heterocycles. The van der Waals surface area contributed by atoms with Gasteiger partial charge in [-0.25, -0.2) is 8.78 Å². The number of benzene rings is 1. The van der Waals surface area contributed by atoms with Crippen LogP contribution in [-0.2, 0) is 5.41 Å². The third-order valence-corrected chi connectivity index (χ3v) is 4.46. The van der Waals surface area contributed by atoms with Crippen molar-refractivity contribution in [2.24, 2.45) is 0 Å². The van der Waals surface area contributed by atoms with E-state index in [0.29, 0.717) is 4.88 Å². The number of rotatable bonds is 2. The van der Waals surface area contributed by atoms with Gasteiger partial charge in [0.15, 0.2) is 0 Å². The molecule has 2 aromatic rings. The summed E-state index contributed by atoms with van der Waals surface area (Å²) in [6.07, 6.45) is -1.05. The zero-order valence-electron chi connectivity index (χ0n) is 11.1. The van der Waals surface area contributed by atoms with E-state index in [-0.39, 0.29) is 11.0 Å². The van der Waals surface area contributed by atoms with E-state index in [1.165, 1.54) is 17.4 Å². The maximum atomic E-state index is 13.6. The van der Waals surface area contributed by atoms with Gasteiger partial charge in [0.05, 0.1) is 0 Å². The van der Waals surface area contributed by atoms with E-state index >= 15 is 0 Å². The molecule has 0 radical (unpaired) electrons. The van der Waals surface area contributed by atoms with Crippen molar-refractivity contribution in [3.05, 3.63) is 57.3 Å². The van der Waals surface area contributed by atoms with E-state index in [9.17, 15) is 13.9 Å². The minimum Gasteiger partial charge on any atom is -0.383 e. The first-order valence-corrected chi connectivity index (χ1v) is 6.84. The SMILES string of the molecule is CC(C)(C)c1ccc(C(O)c2ccc(F)cc2F)s1. The lowest BCUT2D eigenvalue weighted by Crippen LogP contribution is -2.08. The van der Waals surface area contributed by atoms with Crippen molar-refractivity contribution >= 4 is 11.3 Å². The summed E-state index contributed by atoms with van der Waals surface area (Å²) < 4.78 is 26.5. The summed E-state index contributed by atoms with van der Waals surface area (Å²) >= 11 is 1.45. The quantitative estimate of drug-likeness (QED) is 0.865. The normalized spacial score (nSPS) is 13.6. The molecule has 4 heteroatoms. The highest BCUT2D eigenvalue weighted by molar-refractivity contribution is 7.12. The molecule has 0 aliphatic carbocycles. The third-order valence-electron chi connectivity index (χ3n) is 2.89. The van der Waals surface area contributed by atoms with Crippen LogP contribution in [0.2, 0.25) is 0 Å². The van der Waals surface area contributed by atoms with Crippen LogP contribution in [0.15, 0.2) is 30.3 Å². The molecule has 19 heavy (non-hydrogen) atoms. The Kier molecular flexibility index (Phi) is 3.74. The number of halogens is 2. The molecule has 0 aliphatic rings. The van der Waals surface area contributed by atoms with Gasteiger partial charge in [0.1, 0.15) is 17.7 Å². The highest BCUT2D eigenvalue weighted by Crippen LogP contribution is 2.35. The lowest BCUT2D eigenvalue weighted by atomic mass is 9.95. The van der Waals surface area contributed by atoms with E-state index in [4.69, 9.17) is 0 Å². The van der Waals surface area contributed by atoms with Gasteiger partial charge in [-0.3, -0.25) is 0 Å². The lowest BCUT2D eigenvalue weighted by Gasteiger charge is -2.16. The van der Waals surface area contributed by atoms with Gasteiger partial charge in [-0.1, -0.05) is 26.8 Å². The molecule has 1 atom stereocenters. The van der Waals surface area contributed by atoms with Gasteiger partial charge in [0.2, 0.25) is 0 Å². The van der Waals surface area contributed by atoms with E-state index in [2.05, 4.69) is 20.8 Å². The third kappa shape index (κ3) is 3.01. The van der Waals surface area contributed by atoms with Gasteiger partial charge in [-0.2, -0.15) is 0 Å². The van der Waals surface area contributed by atoms with Crippen LogP contribution in [0.1, 0.15) is 42.2 Å². The number of thiophene rings is 1. The van der Waals surface area contributed by atoms with Gasteiger partial charge >= 0.3 is 0 Å². The Morgan fingerprint density at radius 3 is 2.32 bits per heavy atom. The molecule has 1 heterocycles. The Hall–Kier alpha value is -1.26. The lowest BCUT2D eigenvalue weighted by molar-refractivity contribution is 0.218. The minimum atomic E-state index is -1.05. The Balaban J connectivity index is 2.34. The molecule has 0 bridgehead atoms. The fraction of sp³-hybridized carbons (Fsp3) is 0.333. The average Bonchev–Trinajstić information content (AvgIpc) is 2.76. The van der Waals surface area contributed by atoms with Crippen molar-refractivity contribution in [2.45, 2.75) is 32.3 Å². The maximum absolute atomic E-state index is 13.6. The second-order valence-electron chi connectivity index (χ2n) is 5.52. The molecule has 102 valence electrons. The predicted octanol–water partition coefficient (Wildman–Crippen LogP) is 4.41. The van der Waals surface area contributed by atoms with Crippen LogP contribution >= 0.6 is 11.3 Å². The smallest absolute Gasteiger partial charge is 0.132 e. The van der Waals surface area contributed by atoms with Crippen molar-refractivity contribution in [1.29, 1.82) is 0 Å². The van der Waals surface area contributed by atoms with Gasteiger partial charge in [0.25, 0.3) is 0 Å². The summed E-state index contributed by atoms with van der Waals surface area (Å²) in [7, 11) is 0. The second-order valence-corrected chi connectivity index (χ2v) is 6.64. The minimum absolute atomic E-state index is 0.00994. The topological polar surface area (TPSA) is 20.2 Å². The fourth-order valence-corrected chi connectivity index (χ4v) is 2.85. The maximum Gasteiger partial charge on any atom is 0.132 e. The van der Waals surface area contributed by atoms with E-state index in [0.717, 1.165) is 17.0 Å². The number of aliphatic hydroxyl groups excluding tert-OH is 1. The number of aliphatic hydroxyl groups is 1. The van der Waals surface area contributed by atoms with E-state index in [1.807, 2.05) is 6.07 Å². The Morgan fingerprint density at radius 2 is 1.79 bits per heavy atom. The van der Waals surface area contributed by atoms with Crippen LogP contribution in [-0.4, -0.2) is 5.11 Å². The fourth-order valence-electron chi connectivity index (χ4n) is 1.78. The summed E-state index contributed by atoms with van der Waals surface area (Å²) in [6.45, 7) is 6.23. The first kappa shape index (κ1) is 14.2. The molecule has 0 aliphatic heterocycles. The summed E-state index contributed by atoms with van der Waals surface area (Å²) in [4.78, 5) is 1.78. The molecule has 2 rings (SSSR count). The van der Waals surface area contributed by atoms with Gasteiger partial charge in [-0.05, 0) is 23.6 Å². The first-order chi connectivity index (χ1) is 8.79. The van der Waals surface area contributed by atoms with Crippen molar-refractivity contribution in [3.63, 3.8) is 0 Å². The van der Waals surface area contributed by atoms with Gasteiger partial charge < -0.3 is 5.11 Å². The number of hydrogen-bond donors (Lipinski definition) is 1. The monoisotopic (exact) mass is 282 g/mol. The molecule has 1 aromatic carbocycles. The summed E-state index contributed by atoms with van der Waals surface area (Å²) in [5, 5.41) is 10.2. The Bertz CT molecular complexity index is 584. The summed E-state index contributed by atoms with van der Waals surface area (Å²) in [5.41, 5.74) is 0.0907. The molecule has 0 saturated carbocycles. The standard InChI is InChI=1S/C15H16F2OS/c1-15(2,3)13-7-6-12(19-13)14(18)10-5-4-9(16)8-11(10)17/h4-8,14,18H,1-3H3. The van der Waals surface area contributed by atoms with Gasteiger partial charge in [-0.15, -0.1) is 11.3 Å². The van der Waals surface area contributed by atoms with Crippen LogP contribution in [0.4, 0.5) is 8.78 Å². The zero-order valence-corrected chi connectivity index (χ0v) is 11.9. The highest BCUT2D eigenvalue weighted by Gasteiger charge is 2.21. The molecule has 1 nitrogen and oxygen atoms in total. The summed E-state index contributed by atoms with van der Waals surface area (Å²) in [6, 6.07) is 6.95. The molecule has 0 spiro atoms. The van der Waals surface area contributed by atoms with Crippen LogP contribution in [0, 0.1) is 11.6 Å². The molecule has 1 aromatic heterocycles. The van der Waals surface area contributed by atoms with Crippen molar-refractivity contribution < 1.29 is 13.9 Å². The van der Waals surface area contributed by atoms with E-state index < -0.39 is 17.7 Å². The van der Waals surface area contributed by atoms with E-state index in [1.54, 1.807) is 6.07 Å². The van der Waals surface area contributed by atoms with Crippen LogP contribution < -0.4 is 0 Å². The zero-order chi connectivity index (χ0) is 14.2. The molecular formula is C15H16F2OS. The van der Waals surface area contributed by atoms with Crippen molar-refractivity contribution in [3.8, 4) is 0 Å². The molecule has 1 N–H and O–H groups in total. The second kappa shape index (κ2) is 5.02. The average molecular weight is 282 g/mol. The summed E-state index contributed by atoms with van der Waals surface area (Å²) in [5.74, 6) is -1.37. The van der Waals surface area contributed by atoms with Crippen molar-refractivity contribution in [1.82, 2.24) is 0 Å². The Labute approximate surface area is 115 Å². The first-order valence-electron chi connectivity index (χ1n) is 6.02. The highest BCUT2D eigenvalue weighted by atomic mass is 32.1. The van der Waals surface area contributed by atoms with Crippen LogP contribution in [0.25, 0.3) is 0 Å². The molecular weight excluding hydrogens is 266 g/mol. The van der Waals surface area contributed by atoms with Crippen molar-refractivity contribution in [2.75, 3.05) is 0 Å². The number of hydrogen-bond acceptors (Lipinski definition) is 2. The largest absolute Gasteiger partial charge is 0.383 e. The van der Waals surface area contributed by atoms with Gasteiger partial charge in [0, 0.05) is 21.4 Å². The molecule has 1 unspecified atom stereocenters. The molecule has 0 amide bonds. The van der Waals surface area contributed by atoms with Crippen LogP contribution in [0.3, 0.4) is 0 Å².